The molecule has 16 heteroatoms. The Morgan fingerprint density at radius 3 is 2.37 bits per heavy atom. The van der Waals surface area contributed by atoms with E-state index in [9.17, 15) is 22.8 Å². The van der Waals surface area contributed by atoms with Crippen LogP contribution < -0.4 is 20.7 Å². The van der Waals surface area contributed by atoms with Crippen LogP contribution in [-0.2, 0) is 27.8 Å². The van der Waals surface area contributed by atoms with Crippen LogP contribution in [0.5, 0.6) is 0 Å². The lowest BCUT2D eigenvalue weighted by molar-refractivity contribution is 0.0934. The lowest BCUT2D eigenvalue weighted by atomic mass is 10.1. The summed E-state index contributed by atoms with van der Waals surface area (Å²) in [7, 11) is -4.13. The number of ether oxygens (including phenoxy) is 1. The van der Waals surface area contributed by atoms with Gasteiger partial charge in [-0.05, 0) is 43.4 Å². The number of piperazine rings is 1. The van der Waals surface area contributed by atoms with Crippen LogP contribution in [0.1, 0.15) is 34.5 Å². The second-order valence-corrected chi connectivity index (χ2v) is 11.6. The van der Waals surface area contributed by atoms with E-state index in [2.05, 4.69) is 25.9 Å². The quantitative estimate of drug-likeness (QED) is 0.352. The Labute approximate surface area is 244 Å². The van der Waals surface area contributed by atoms with Gasteiger partial charge in [-0.2, -0.15) is 12.7 Å². The van der Waals surface area contributed by atoms with Gasteiger partial charge in [-0.3, -0.25) is 10.1 Å². The van der Waals surface area contributed by atoms with Crippen LogP contribution in [0.15, 0.2) is 36.7 Å². The van der Waals surface area contributed by atoms with Crippen molar-refractivity contribution in [2.45, 2.75) is 37.8 Å². The van der Waals surface area contributed by atoms with Gasteiger partial charge in [0, 0.05) is 50.7 Å². The average molecular weight is 609 g/mol. The molecule has 222 valence electrons. The van der Waals surface area contributed by atoms with Crippen molar-refractivity contribution >= 4 is 46.5 Å². The highest BCUT2D eigenvalue weighted by atomic mass is 35.5. The van der Waals surface area contributed by atoms with Gasteiger partial charge in [0.2, 0.25) is 0 Å². The van der Waals surface area contributed by atoms with Crippen molar-refractivity contribution in [3.63, 3.8) is 0 Å². The molecule has 1 aromatic heterocycles. The highest BCUT2D eigenvalue weighted by molar-refractivity contribution is 7.87. The van der Waals surface area contributed by atoms with Gasteiger partial charge in [-0.1, -0.05) is 24.3 Å². The maximum absolute atomic E-state index is 13.0. The molecule has 1 aliphatic carbocycles. The lowest BCUT2D eigenvalue weighted by Crippen LogP contribution is -2.55. The van der Waals surface area contributed by atoms with E-state index in [-0.39, 0.29) is 68.8 Å². The fourth-order valence-electron chi connectivity index (χ4n) is 5.10. The zero-order valence-corrected chi connectivity index (χ0v) is 23.9. The summed E-state index contributed by atoms with van der Waals surface area (Å²) in [4.78, 5) is 47.6. The first-order chi connectivity index (χ1) is 19.3. The number of nitrogens with one attached hydrogen (secondary N) is 4. The Kier molecular flexibility index (Phi) is 9.96. The van der Waals surface area contributed by atoms with Gasteiger partial charge in [0.25, 0.3) is 5.91 Å². The second kappa shape index (κ2) is 13.4. The normalized spacial score (nSPS) is 19.1. The number of hydrogen-bond donors (Lipinski definition) is 4. The monoisotopic (exact) mass is 608 g/mol. The molecule has 0 radical (unpaired) electrons. The Bertz CT molecular complexity index is 1340. The SMILES string of the molecule is Cl.O=C(NS(=O)(=O)N1CCN(C(=O)Nc2nccnc2C(=O)NC2Cc3ccccc3C2)CC1)OC[C@@H]1CCCN1. The Hall–Kier alpha value is -3.53. The highest BCUT2D eigenvalue weighted by Gasteiger charge is 2.32. The summed E-state index contributed by atoms with van der Waals surface area (Å²) in [6.07, 6.45) is 4.97. The number of carbonyl (C=O) groups excluding carboxylic acids is 3. The minimum atomic E-state index is -4.13. The number of rotatable bonds is 7. The fraction of sp³-hybridized carbons (Fsp3) is 0.480. The molecule has 0 unspecified atom stereocenters. The smallest absolute Gasteiger partial charge is 0.421 e. The van der Waals surface area contributed by atoms with Crippen molar-refractivity contribution in [1.29, 1.82) is 0 Å². The molecule has 3 heterocycles. The molecule has 2 saturated heterocycles. The molecule has 0 bridgehead atoms. The Morgan fingerprint density at radius 1 is 1.02 bits per heavy atom. The van der Waals surface area contributed by atoms with E-state index in [0.29, 0.717) is 12.8 Å². The molecule has 0 spiro atoms. The van der Waals surface area contributed by atoms with E-state index in [1.807, 2.05) is 29.0 Å². The molecule has 2 aromatic rings. The summed E-state index contributed by atoms with van der Waals surface area (Å²) in [5, 5.41) is 8.75. The molecule has 2 aliphatic heterocycles. The molecule has 14 nitrogen and oxygen atoms in total. The molecule has 1 atom stereocenters. The number of halogens is 1. The third-order valence-electron chi connectivity index (χ3n) is 7.18. The first kappa shape index (κ1) is 30.4. The molecule has 41 heavy (non-hydrogen) atoms. The number of anilines is 1. The third-order valence-corrected chi connectivity index (χ3v) is 8.65. The third kappa shape index (κ3) is 7.61. The molecule has 3 aliphatic rings. The van der Waals surface area contributed by atoms with Crippen LogP contribution in [-0.4, -0.2) is 97.0 Å². The van der Waals surface area contributed by atoms with Crippen molar-refractivity contribution in [3.05, 3.63) is 53.5 Å². The average Bonchev–Trinajstić information content (AvgIpc) is 3.61. The van der Waals surface area contributed by atoms with Gasteiger partial charge >= 0.3 is 22.3 Å². The van der Waals surface area contributed by atoms with Crippen molar-refractivity contribution < 1.29 is 27.5 Å². The van der Waals surface area contributed by atoms with Crippen LogP contribution in [0, 0.1) is 0 Å². The van der Waals surface area contributed by atoms with Crippen LogP contribution in [0.2, 0.25) is 0 Å². The first-order valence-electron chi connectivity index (χ1n) is 13.2. The minimum absolute atomic E-state index is 0. The molecule has 4 N–H and O–H groups in total. The van der Waals surface area contributed by atoms with Crippen molar-refractivity contribution in [3.8, 4) is 0 Å². The highest BCUT2D eigenvalue weighted by Crippen LogP contribution is 2.22. The Balaban J connectivity index is 0.00000387. The van der Waals surface area contributed by atoms with Gasteiger partial charge in [0.05, 0.1) is 0 Å². The van der Waals surface area contributed by atoms with Gasteiger partial charge in [0.15, 0.2) is 11.5 Å². The van der Waals surface area contributed by atoms with Crippen molar-refractivity contribution in [1.82, 2.24) is 34.5 Å². The molecular formula is C25H33ClN8O6S. The van der Waals surface area contributed by atoms with Crippen LogP contribution in [0.3, 0.4) is 0 Å². The van der Waals surface area contributed by atoms with E-state index in [1.54, 1.807) is 0 Å². The van der Waals surface area contributed by atoms with Crippen molar-refractivity contribution in [2.75, 3.05) is 44.6 Å². The van der Waals surface area contributed by atoms with E-state index in [0.717, 1.165) is 23.7 Å². The summed E-state index contributed by atoms with van der Waals surface area (Å²) in [5.74, 6) is -0.435. The number of benzene rings is 1. The lowest BCUT2D eigenvalue weighted by Gasteiger charge is -2.33. The number of amides is 4. The number of urea groups is 1. The summed E-state index contributed by atoms with van der Waals surface area (Å²) < 4.78 is 33.2. The molecule has 4 amide bonds. The van der Waals surface area contributed by atoms with Gasteiger partial charge in [-0.25, -0.2) is 24.3 Å². The topological polar surface area (TPSA) is 175 Å². The fourth-order valence-corrected chi connectivity index (χ4v) is 6.14. The maximum Gasteiger partial charge on any atom is 0.421 e. The predicted octanol–water partition coefficient (Wildman–Crippen LogP) is 0.668. The Morgan fingerprint density at radius 2 is 1.71 bits per heavy atom. The van der Waals surface area contributed by atoms with Crippen LogP contribution >= 0.6 is 12.4 Å². The second-order valence-electron chi connectivity index (χ2n) is 9.92. The zero-order chi connectivity index (χ0) is 28.1. The van der Waals surface area contributed by atoms with Crippen LogP contribution in [0.25, 0.3) is 0 Å². The van der Waals surface area contributed by atoms with E-state index < -0.39 is 28.2 Å². The van der Waals surface area contributed by atoms with Crippen molar-refractivity contribution in [2.24, 2.45) is 0 Å². The maximum atomic E-state index is 13.0. The minimum Gasteiger partial charge on any atom is -0.447 e. The summed E-state index contributed by atoms with van der Waals surface area (Å²) in [5.41, 5.74) is 2.37. The largest absolute Gasteiger partial charge is 0.447 e. The van der Waals surface area contributed by atoms with Crippen LogP contribution in [0.4, 0.5) is 15.4 Å². The standard InChI is InChI=1S/C25H32N8O6S.ClH/c34-23(29-20-14-17-4-1-2-5-18(17)15-20)21-22(28-9-8-27-21)30-24(35)32-10-12-33(13-11-32)40(37,38)31-25(36)39-16-19-6-3-7-26-19;/h1-2,4-5,8-9,19-20,26H,3,6-7,10-16H2,(H,29,34)(H,31,36)(H,28,30,35);1H/t19-;/m0./s1. The summed E-state index contributed by atoms with van der Waals surface area (Å²) >= 11 is 0. The predicted molar refractivity (Wildman–Crippen MR) is 151 cm³/mol. The molecule has 1 aromatic carbocycles. The molecule has 5 rings (SSSR count). The molecule has 0 saturated carbocycles. The van der Waals surface area contributed by atoms with E-state index >= 15 is 0 Å². The zero-order valence-electron chi connectivity index (χ0n) is 22.2. The molecule has 2 fully saturated rings. The number of nitrogens with zero attached hydrogens (tertiary/aromatic N) is 4. The number of hydrogen-bond acceptors (Lipinski definition) is 9. The number of carbonyl (C=O) groups is 3. The molecular weight excluding hydrogens is 576 g/mol. The number of fused-ring (bicyclic) bond motifs is 1. The van der Waals surface area contributed by atoms with E-state index in [4.69, 9.17) is 4.74 Å². The number of aromatic nitrogens is 2. The van der Waals surface area contributed by atoms with E-state index in [1.165, 1.54) is 28.4 Å². The van der Waals surface area contributed by atoms with Gasteiger partial charge in [-0.15, -0.1) is 12.4 Å². The van der Waals surface area contributed by atoms with Gasteiger partial charge in [0.1, 0.15) is 6.61 Å². The summed E-state index contributed by atoms with van der Waals surface area (Å²) in [6.45, 7) is 0.997. The first-order valence-corrected chi connectivity index (χ1v) is 14.6. The summed E-state index contributed by atoms with van der Waals surface area (Å²) in [6, 6.07) is 7.40. The van der Waals surface area contributed by atoms with Gasteiger partial charge < -0.3 is 20.3 Å².